The van der Waals surface area contributed by atoms with Gasteiger partial charge in [-0.2, -0.15) is 22.5 Å². The molecule has 1 aromatic heterocycles. The van der Waals surface area contributed by atoms with Crippen molar-refractivity contribution in [2.45, 2.75) is 38.9 Å². The number of nitrogens with zero attached hydrogens (tertiary/aromatic N) is 3. The fourth-order valence-corrected chi connectivity index (χ4v) is 3.91. The van der Waals surface area contributed by atoms with Gasteiger partial charge in [0, 0.05) is 31.9 Å². The van der Waals surface area contributed by atoms with Crippen LogP contribution in [0.3, 0.4) is 0 Å². The standard InChI is InChI=1S/C14H23N5O3S/c1-5-7-15-14(20)13-8-12(17-23(21,22)18(13)4)11-9-19(6-2)16-10(11)3/h5,9,12-13,17H,1,6-8H2,2-4H3,(H,15,20)/t12-,13-/m0/s1. The average molecular weight is 341 g/mol. The lowest BCUT2D eigenvalue weighted by molar-refractivity contribution is -0.125. The maximum absolute atomic E-state index is 12.3. The van der Waals surface area contributed by atoms with Crippen molar-refractivity contribution in [3.8, 4) is 0 Å². The molecule has 0 spiro atoms. The van der Waals surface area contributed by atoms with Crippen LogP contribution < -0.4 is 10.0 Å². The summed E-state index contributed by atoms with van der Waals surface area (Å²) >= 11 is 0. The second kappa shape index (κ2) is 6.81. The Hall–Kier alpha value is -1.71. The van der Waals surface area contributed by atoms with Gasteiger partial charge in [0.25, 0.3) is 10.2 Å². The van der Waals surface area contributed by atoms with Crippen molar-refractivity contribution in [3.05, 3.63) is 30.1 Å². The third-order valence-electron chi connectivity index (χ3n) is 3.98. The first kappa shape index (κ1) is 17.6. The van der Waals surface area contributed by atoms with Crippen LogP contribution in [0.2, 0.25) is 0 Å². The highest BCUT2D eigenvalue weighted by atomic mass is 32.2. The van der Waals surface area contributed by atoms with Gasteiger partial charge in [0.05, 0.1) is 11.7 Å². The molecule has 128 valence electrons. The Balaban J connectivity index is 2.30. The highest BCUT2D eigenvalue weighted by molar-refractivity contribution is 7.87. The maximum atomic E-state index is 12.3. The number of hydrogen-bond donors (Lipinski definition) is 2. The molecule has 0 radical (unpaired) electrons. The molecule has 0 saturated carbocycles. The van der Waals surface area contributed by atoms with Crippen molar-refractivity contribution < 1.29 is 13.2 Å². The molecule has 2 N–H and O–H groups in total. The molecule has 0 aliphatic carbocycles. The molecule has 0 unspecified atom stereocenters. The molecule has 0 aromatic carbocycles. The van der Waals surface area contributed by atoms with Gasteiger partial charge in [0.1, 0.15) is 6.04 Å². The molecule has 1 aromatic rings. The number of carbonyl (C=O) groups excluding carboxylic acids is 1. The van der Waals surface area contributed by atoms with E-state index in [0.29, 0.717) is 19.5 Å². The van der Waals surface area contributed by atoms with Gasteiger partial charge >= 0.3 is 0 Å². The number of amides is 1. The molecule has 8 nitrogen and oxygen atoms in total. The lowest BCUT2D eigenvalue weighted by Crippen LogP contribution is -2.57. The molecular weight excluding hydrogens is 318 g/mol. The minimum Gasteiger partial charge on any atom is -0.351 e. The van der Waals surface area contributed by atoms with E-state index in [1.165, 1.54) is 7.05 Å². The van der Waals surface area contributed by atoms with Crippen molar-refractivity contribution >= 4 is 16.1 Å². The zero-order chi connectivity index (χ0) is 17.2. The zero-order valence-electron chi connectivity index (χ0n) is 13.6. The SMILES string of the molecule is C=CCNC(=O)[C@@H]1C[C@@H](c2cn(CC)nc2C)NS(=O)(=O)N1C. The minimum absolute atomic E-state index is 0.300. The van der Waals surface area contributed by atoms with Crippen LogP contribution in [0.25, 0.3) is 0 Å². The molecule has 1 fully saturated rings. The predicted molar refractivity (Wildman–Crippen MR) is 86.8 cm³/mol. The molecule has 1 amide bonds. The number of likely N-dealkylation sites (N-methyl/N-ethyl adjacent to an activating group) is 1. The van der Waals surface area contributed by atoms with Crippen molar-refractivity contribution in [2.24, 2.45) is 0 Å². The van der Waals surface area contributed by atoms with E-state index >= 15 is 0 Å². The lowest BCUT2D eigenvalue weighted by atomic mass is 10.00. The molecule has 1 aliphatic rings. The van der Waals surface area contributed by atoms with E-state index in [-0.39, 0.29) is 5.91 Å². The number of aryl methyl sites for hydroxylation is 2. The predicted octanol–water partition coefficient (Wildman–Crippen LogP) is 0.0932. The summed E-state index contributed by atoms with van der Waals surface area (Å²) in [4.78, 5) is 12.3. The zero-order valence-corrected chi connectivity index (χ0v) is 14.4. The number of aromatic nitrogens is 2. The highest BCUT2D eigenvalue weighted by Gasteiger charge is 2.41. The lowest BCUT2D eigenvalue weighted by Gasteiger charge is -2.35. The van der Waals surface area contributed by atoms with Gasteiger partial charge in [-0.15, -0.1) is 6.58 Å². The topological polar surface area (TPSA) is 96.3 Å². The van der Waals surface area contributed by atoms with Crippen LogP contribution in [0.15, 0.2) is 18.9 Å². The first-order valence-electron chi connectivity index (χ1n) is 7.48. The molecular formula is C14H23N5O3S. The number of carbonyl (C=O) groups is 1. The van der Waals surface area contributed by atoms with E-state index < -0.39 is 22.3 Å². The summed E-state index contributed by atoms with van der Waals surface area (Å²) in [6.07, 6.45) is 3.72. The molecule has 2 atom stereocenters. The Bertz CT molecular complexity index is 697. The van der Waals surface area contributed by atoms with Crippen LogP contribution in [0.5, 0.6) is 0 Å². The van der Waals surface area contributed by atoms with Crippen molar-refractivity contribution in [2.75, 3.05) is 13.6 Å². The van der Waals surface area contributed by atoms with Crippen LogP contribution in [0.1, 0.15) is 30.6 Å². The van der Waals surface area contributed by atoms with Gasteiger partial charge < -0.3 is 5.32 Å². The fraction of sp³-hybridized carbons (Fsp3) is 0.571. The average Bonchev–Trinajstić information content (AvgIpc) is 2.88. The monoisotopic (exact) mass is 341 g/mol. The summed E-state index contributed by atoms with van der Waals surface area (Å²) in [7, 11) is -2.33. The molecule has 1 saturated heterocycles. The van der Waals surface area contributed by atoms with Gasteiger partial charge in [0.15, 0.2) is 0 Å². The highest BCUT2D eigenvalue weighted by Crippen LogP contribution is 2.29. The largest absolute Gasteiger partial charge is 0.351 e. The summed E-state index contributed by atoms with van der Waals surface area (Å²) in [5.41, 5.74) is 1.55. The van der Waals surface area contributed by atoms with E-state index in [2.05, 4.69) is 21.7 Å². The summed E-state index contributed by atoms with van der Waals surface area (Å²) in [6.45, 7) is 8.33. The summed E-state index contributed by atoms with van der Waals surface area (Å²) in [5, 5.41) is 7.01. The molecule has 2 rings (SSSR count). The van der Waals surface area contributed by atoms with Crippen molar-refractivity contribution in [3.63, 3.8) is 0 Å². The Morgan fingerprint density at radius 1 is 1.61 bits per heavy atom. The van der Waals surface area contributed by atoms with Gasteiger partial charge in [-0.05, 0) is 20.3 Å². The third-order valence-corrected chi connectivity index (χ3v) is 5.57. The second-order valence-electron chi connectivity index (χ2n) is 5.50. The molecule has 2 heterocycles. The van der Waals surface area contributed by atoms with E-state index in [1.54, 1.807) is 10.8 Å². The molecule has 1 aliphatic heterocycles. The Labute approximate surface area is 136 Å². The number of nitrogens with one attached hydrogen (secondary N) is 2. The first-order chi connectivity index (χ1) is 10.8. The summed E-state index contributed by atoms with van der Waals surface area (Å²) in [5.74, 6) is -0.331. The second-order valence-corrected chi connectivity index (χ2v) is 7.26. The van der Waals surface area contributed by atoms with Crippen LogP contribution in [0, 0.1) is 6.92 Å². The van der Waals surface area contributed by atoms with Gasteiger partial charge in [0.2, 0.25) is 5.91 Å². The van der Waals surface area contributed by atoms with Gasteiger partial charge in [-0.25, -0.2) is 0 Å². The Morgan fingerprint density at radius 3 is 2.87 bits per heavy atom. The fourth-order valence-electron chi connectivity index (χ4n) is 2.64. The number of rotatable bonds is 5. The van der Waals surface area contributed by atoms with Crippen LogP contribution in [-0.2, 0) is 21.5 Å². The molecule has 23 heavy (non-hydrogen) atoms. The van der Waals surface area contributed by atoms with E-state index in [1.807, 2.05) is 20.0 Å². The molecule has 9 heteroatoms. The smallest absolute Gasteiger partial charge is 0.280 e. The normalized spacial score (nSPS) is 24.3. The minimum atomic E-state index is -3.73. The van der Waals surface area contributed by atoms with Crippen LogP contribution in [0.4, 0.5) is 0 Å². The van der Waals surface area contributed by atoms with E-state index in [9.17, 15) is 13.2 Å². The van der Waals surface area contributed by atoms with Crippen molar-refractivity contribution in [1.29, 1.82) is 0 Å². The van der Waals surface area contributed by atoms with Crippen LogP contribution >= 0.6 is 0 Å². The van der Waals surface area contributed by atoms with Gasteiger partial charge in [-0.1, -0.05) is 6.08 Å². The van der Waals surface area contributed by atoms with E-state index in [0.717, 1.165) is 15.6 Å². The van der Waals surface area contributed by atoms with Crippen LogP contribution in [-0.4, -0.2) is 48.0 Å². The molecule has 0 bridgehead atoms. The van der Waals surface area contributed by atoms with E-state index in [4.69, 9.17) is 0 Å². The van der Waals surface area contributed by atoms with Gasteiger partial charge in [-0.3, -0.25) is 9.48 Å². The Morgan fingerprint density at radius 2 is 2.30 bits per heavy atom. The quantitative estimate of drug-likeness (QED) is 0.742. The summed E-state index contributed by atoms with van der Waals surface area (Å²) < 4.78 is 30.1. The maximum Gasteiger partial charge on any atom is 0.280 e. The third kappa shape index (κ3) is 3.62. The Kier molecular flexibility index (Phi) is 5.23. The first-order valence-corrected chi connectivity index (χ1v) is 8.92. The summed E-state index contributed by atoms with van der Waals surface area (Å²) in [6, 6.07) is -1.24. The van der Waals surface area contributed by atoms with Crippen molar-refractivity contribution in [1.82, 2.24) is 24.1 Å². The number of hydrogen-bond acceptors (Lipinski definition) is 4.